The zero-order chi connectivity index (χ0) is 10.4. The molecule has 4 nitrogen and oxygen atoms in total. The Kier molecular flexibility index (Phi) is 4.73. The molecule has 0 aliphatic heterocycles. The molecule has 1 aliphatic rings. The van der Waals surface area contributed by atoms with Gasteiger partial charge in [0.15, 0.2) is 0 Å². The smallest absolute Gasteiger partial charge is 0.315 e. The van der Waals surface area contributed by atoms with Gasteiger partial charge in [-0.1, -0.05) is 19.8 Å². The van der Waals surface area contributed by atoms with E-state index in [1.807, 2.05) is 6.92 Å². The first-order chi connectivity index (χ1) is 6.76. The molecule has 0 spiro atoms. The SMILES string of the molecule is CCC(CO)NC(=O)NC1CCCC1. The fourth-order valence-electron chi connectivity index (χ4n) is 1.76. The van der Waals surface area contributed by atoms with Crippen LogP contribution >= 0.6 is 0 Å². The molecule has 0 radical (unpaired) electrons. The summed E-state index contributed by atoms with van der Waals surface area (Å²) in [5, 5.41) is 14.6. The van der Waals surface area contributed by atoms with E-state index in [0.717, 1.165) is 19.3 Å². The molecule has 82 valence electrons. The Hall–Kier alpha value is -0.770. The van der Waals surface area contributed by atoms with Gasteiger partial charge in [-0.15, -0.1) is 0 Å². The van der Waals surface area contributed by atoms with Gasteiger partial charge in [-0.25, -0.2) is 4.79 Å². The molecule has 1 aliphatic carbocycles. The molecule has 1 rings (SSSR count). The molecule has 4 heteroatoms. The molecular weight excluding hydrogens is 180 g/mol. The van der Waals surface area contributed by atoms with Crippen LogP contribution in [0.4, 0.5) is 4.79 Å². The van der Waals surface area contributed by atoms with E-state index < -0.39 is 0 Å². The van der Waals surface area contributed by atoms with E-state index in [1.54, 1.807) is 0 Å². The highest BCUT2D eigenvalue weighted by Crippen LogP contribution is 2.17. The topological polar surface area (TPSA) is 61.4 Å². The average molecular weight is 200 g/mol. The van der Waals surface area contributed by atoms with Gasteiger partial charge < -0.3 is 15.7 Å². The van der Waals surface area contributed by atoms with Crippen molar-refractivity contribution in [3.05, 3.63) is 0 Å². The van der Waals surface area contributed by atoms with E-state index in [-0.39, 0.29) is 18.7 Å². The van der Waals surface area contributed by atoms with E-state index in [4.69, 9.17) is 5.11 Å². The van der Waals surface area contributed by atoms with Crippen LogP contribution in [0.25, 0.3) is 0 Å². The van der Waals surface area contributed by atoms with E-state index in [0.29, 0.717) is 6.04 Å². The maximum absolute atomic E-state index is 11.4. The number of aliphatic hydroxyl groups excluding tert-OH is 1. The summed E-state index contributed by atoms with van der Waals surface area (Å²) in [4.78, 5) is 11.4. The lowest BCUT2D eigenvalue weighted by Gasteiger charge is -2.17. The lowest BCUT2D eigenvalue weighted by molar-refractivity contribution is 0.212. The van der Waals surface area contributed by atoms with Crippen molar-refractivity contribution in [1.82, 2.24) is 10.6 Å². The molecule has 1 unspecified atom stereocenters. The van der Waals surface area contributed by atoms with Crippen LogP contribution in [-0.2, 0) is 0 Å². The third-order valence-corrected chi connectivity index (χ3v) is 2.74. The summed E-state index contributed by atoms with van der Waals surface area (Å²) >= 11 is 0. The first-order valence-electron chi connectivity index (χ1n) is 5.44. The van der Waals surface area contributed by atoms with Gasteiger partial charge in [0.25, 0.3) is 0 Å². The summed E-state index contributed by atoms with van der Waals surface area (Å²) in [6.07, 6.45) is 5.35. The van der Waals surface area contributed by atoms with Gasteiger partial charge in [-0.05, 0) is 19.3 Å². The highest BCUT2D eigenvalue weighted by atomic mass is 16.3. The van der Waals surface area contributed by atoms with Crippen LogP contribution < -0.4 is 10.6 Å². The number of aliphatic hydroxyl groups is 1. The molecule has 0 heterocycles. The molecule has 1 fully saturated rings. The summed E-state index contributed by atoms with van der Waals surface area (Å²) in [7, 11) is 0. The average Bonchev–Trinajstić information content (AvgIpc) is 2.66. The summed E-state index contributed by atoms with van der Waals surface area (Å²) in [5.41, 5.74) is 0. The molecule has 14 heavy (non-hydrogen) atoms. The highest BCUT2D eigenvalue weighted by molar-refractivity contribution is 5.74. The maximum atomic E-state index is 11.4. The van der Waals surface area contributed by atoms with Crippen molar-refractivity contribution in [2.24, 2.45) is 0 Å². The minimum atomic E-state index is -0.141. The second kappa shape index (κ2) is 5.86. The number of carbonyl (C=O) groups excluding carboxylic acids is 1. The van der Waals surface area contributed by atoms with Gasteiger partial charge in [0.1, 0.15) is 0 Å². The Morgan fingerprint density at radius 3 is 2.64 bits per heavy atom. The standard InChI is InChI=1S/C10H20N2O2/c1-2-8(7-13)11-10(14)12-9-5-3-4-6-9/h8-9,13H,2-7H2,1H3,(H2,11,12,14). The number of hydrogen-bond acceptors (Lipinski definition) is 2. The normalized spacial score (nSPS) is 19.3. The predicted octanol–water partition coefficient (Wildman–Crippen LogP) is 0.999. The molecule has 1 atom stereocenters. The second-order valence-corrected chi connectivity index (χ2v) is 3.89. The largest absolute Gasteiger partial charge is 0.394 e. The van der Waals surface area contributed by atoms with Crippen molar-refractivity contribution >= 4 is 6.03 Å². The fourth-order valence-corrected chi connectivity index (χ4v) is 1.76. The zero-order valence-electron chi connectivity index (χ0n) is 8.75. The molecule has 0 aromatic carbocycles. The number of urea groups is 1. The van der Waals surface area contributed by atoms with Crippen LogP contribution in [0.5, 0.6) is 0 Å². The lowest BCUT2D eigenvalue weighted by atomic mass is 10.2. The van der Waals surface area contributed by atoms with Crippen molar-refractivity contribution in [2.75, 3.05) is 6.61 Å². The molecule has 0 bridgehead atoms. The monoisotopic (exact) mass is 200 g/mol. The Morgan fingerprint density at radius 1 is 1.50 bits per heavy atom. The van der Waals surface area contributed by atoms with Crippen LogP contribution in [0, 0.1) is 0 Å². The van der Waals surface area contributed by atoms with Crippen molar-refractivity contribution in [1.29, 1.82) is 0 Å². The minimum Gasteiger partial charge on any atom is -0.394 e. The van der Waals surface area contributed by atoms with Crippen molar-refractivity contribution in [3.8, 4) is 0 Å². The summed E-state index contributed by atoms with van der Waals surface area (Å²) < 4.78 is 0. The molecule has 2 amide bonds. The number of amides is 2. The van der Waals surface area contributed by atoms with E-state index >= 15 is 0 Å². The first kappa shape index (κ1) is 11.3. The molecule has 1 saturated carbocycles. The Labute approximate surface area is 85.1 Å². The first-order valence-corrected chi connectivity index (χ1v) is 5.44. The van der Waals surface area contributed by atoms with Crippen molar-refractivity contribution in [2.45, 2.75) is 51.1 Å². The zero-order valence-corrected chi connectivity index (χ0v) is 8.75. The highest BCUT2D eigenvalue weighted by Gasteiger charge is 2.17. The van der Waals surface area contributed by atoms with Crippen LogP contribution in [0.2, 0.25) is 0 Å². The number of hydrogen-bond donors (Lipinski definition) is 3. The Bertz CT molecular complexity index is 169. The van der Waals surface area contributed by atoms with Gasteiger partial charge >= 0.3 is 6.03 Å². The number of carbonyl (C=O) groups is 1. The van der Waals surface area contributed by atoms with Crippen molar-refractivity contribution in [3.63, 3.8) is 0 Å². The van der Waals surface area contributed by atoms with Crippen LogP contribution in [0.1, 0.15) is 39.0 Å². The van der Waals surface area contributed by atoms with Gasteiger partial charge in [-0.3, -0.25) is 0 Å². The lowest BCUT2D eigenvalue weighted by Crippen LogP contribution is -2.46. The number of rotatable bonds is 4. The third kappa shape index (κ3) is 3.54. The van der Waals surface area contributed by atoms with E-state index in [2.05, 4.69) is 10.6 Å². The summed E-state index contributed by atoms with van der Waals surface area (Å²) in [6, 6.07) is 0.0837. The van der Waals surface area contributed by atoms with E-state index in [1.165, 1.54) is 12.8 Å². The summed E-state index contributed by atoms with van der Waals surface area (Å²) in [6.45, 7) is 1.95. The van der Waals surface area contributed by atoms with Crippen LogP contribution in [-0.4, -0.2) is 29.8 Å². The van der Waals surface area contributed by atoms with Gasteiger partial charge in [-0.2, -0.15) is 0 Å². The van der Waals surface area contributed by atoms with Gasteiger partial charge in [0.05, 0.1) is 12.6 Å². The van der Waals surface area contributed by atoms with Gasteiger partial charge in [0, 0.05) is 6.04 Å². The summed E-state index contributed by atoms with van der Waals surface area (Å²) in [5.74, 6) is 0. The van der Waals surface area contributed by atoms with Crippen LogP contribution in [0.15, 0.2) is 0 Å². The molecule has 0 aromatic heterocycles. The molecule has 3 N–H and O–H groups in total. The predicted molar refractivity (Wildman–Crippen MR) is 55.1 cm³/mol. The molecule has 0 aromatic rings. The van der Waals surface area contributed by atoms with E-state index in [9.17, 15) is 4.79 Å². The Morgan fingerprint density at radius 2 is 2.14 bits per heavy atom. The molecule has 0 saturated heterocycles. The van der Waals surface area contributed by atoms with Gasteiger partial charge in [0.2, 0.25) is 0 Å². The second-order valence-electron chi connectivity index (χ2n) is 3.89. The minimum absolute atomic E-state index is 0.00852. The van der Waals surface area contributed by atoms with Crippen molar-refractivity contribution < 1.29 is 9.90 Å². The number of nitrogens with one attached hydrogen (secondary N) is 2. The maximum Gasteiger partial charge on any atom is 0.315 e. The molecular formula is C10H20N2O2. The quantitative estimate of drug-likeness (QED) is 0.634. The third-order valence-electron chi connectivity index (χ3n) is 2.74. The Balaban J connectivity index is 2.20. The fraction of sp³-hybridized carbons (Fsp3) is 0.900. The van der Waals surface area contributed by atoms with Crippen LogP contribution in [0.3, 0.4) is 0 Å².